The van der Waals surface area contributed by atoms with Crippen molar-refractivity contribution in [3.63, 3.8) is 0 Å². The first-order chi connectivity index (χ1) is 12.8. The Morgan fingerprint density at radius 1 is 1.22 bits per heavy atom. The van der Waals surface area contributed by atoms with E-state index in [-0.39, 0.29) is 11.4 Å². The number of imide groups is 1. The molecule has 1 saturated heterocycles. The normalized spacial score (nSPS) is 15.2. The highest BCUT2D eigenvalue weighted by Gasteiger charge is 2.35. The van der Waals surface area contributed by atoms with E-state index in [0.717, 1.165) is 4.90 Å². The van der Waals surface area contributed by atoms with Gasteiger partial charge in [0.1, 0.15) is 18.0 Å². The Morgan fingerprint density at radius 2 is 1.93 bits per heavy atom. The van der Waals surface area contributed by atoms with Crippen LogP contribution in [0.1, 0.15) is 5.56 Å². The summed E-state index contributed by atoms with van der Waals surface area (Å²) in [5.41, 5.74) is 0.805. The summed E-state index contributed by atoms with van der Waals surface area (Å²) in [6, 6.07) is 10.4. The highest BCUT2D eigenvalue weighted by atomic mass is 79.9. The van der Waals surface area contributed by atoms with Crippen LogP contribution in [0, 0.1) is 0 Å². The molecule has 0 bridgehead atoms. The lowest BCUT2D eigenvalue weighted by Crippen LogP contribution is -2.38. The minimum Gasteiger partial charge on any atom is -0.507 e. The molecule has 4 amide bonds. The molecule has 0 radical (unpaired) electrons. The molecule has 1 aliphatic heterocycles. The van der Waals surface area contributed by atoms with E-state index < -0.39 is 24.4 Å². The van der Waals surface area contributed by atoms with Gasteiger partial charge in [-0.05, 0) is 48.5 Å². The summed E-state index contributed by atoms with van der Waals surface area (Å²) in [6.07, 6.45) is 1.34. The second kappa shape index (κ2) is 7.81. The van der Waals surface area contributed by atoms with Crippen molar-refractivity contribution >= 4 is 57.1 Å². The van der Waals surface area contributed by atoms with Gasteiger partial charge in [0.2, 0.25) is 5.91 Å². The molecular weight excluding hydrogens is 438 g/mol. The van der Waals surface area contributed by atoms with Gasteiger partial charge in [-0.3, -0.25) is 9.59 Å². The van der Waals surface area contributed by atoms with Gasteiger partial charge < -0.3 is 15.7 Å². The topological polar surface area (TPSA) is 98.7 Å². The van der Waals surface area contributed by atoms with Crippen molar-refractivity contribution in [1.29, 1.82) is 0 Å². The second-order valence-electron chi connectivity index (χ2n) is 5.64. The smallest absolute Gasteiger partial charge is 0.329 e. The lowest BCUT2D eigenvalue weighted by atomic mass is 10.1. The minimum atomic E-state index is -0.716. The molecule has 2 aromatic rings. The molecule has 7 nitrogen and oxygen atoms in total. The summed E-state index contributed by atoms with van der Waals surface area (Å²) in [5, 5.41) is 15.4. The number of hydrogen-bond acceptors (Lipinski definition) is 4. The number of benzene rings is 2. The van der Waals surface area contributed by atoms with Crippen LogP contribution in [-0.4, -0.2) is 34.4 Å². The van der Waals surface area contributed by atoms with Crippen LogP contribution in [0.25, 0.3) is 6.08 Å². The van der Waals surface area contributed by atoms with Gasteiger partial charge in [0, 0.05) is 20.7 Å². The zero-order valence-electron chi connectivity index (χ0n) is 13.7. The molecule has 1 heterocycles. The lowest BCUT2D eigenvalue weighted by Gasteiger charge is -2.12. The van der Waals surface area contributed by atoms with Gasteiger partial charge >= 0.3 is 6.03 Å². The molecule has 1 aliphatic rings. The highest BCUT2D eigenvalue weighted by molar-refractivity contribution is 9.10. The lowest BCUT2D eigenvalue weighted by molar-refractivity contribution is -0.127. The first kappa shape index (κ1) is 18.9. The third-order valence-corrected chi connectivity index (χ3v) is 4.43. The molecule has 0 spiro atoms. The predicted octanol–water partition coefficient (Wildman–Crippen LogP) is 3.34. The van der Waals surface area contributed by atoms with E-state index in [0.29, 0.717) is 20.7 Å². The van der Waals surface area contributed by atoms with Crippen molar-refractivity contribution in [2.75, 3.05) is 11.9 Å². The molecule has 27 heavy (non-hydrogen) atoms. The molecule has 0 saturated carbocycles. The van der Waals surface area contributed by atoms with E-state index in [4.69, 9.17) is 11.6 Å². The Hall–Kier alpha value is -2.84. The van der Waals surface area contributed by atoms with Gasteiger partial charge in [0.25, 0.3) is 5.91 Å². The fourth-order valence-corrected chi connectivity index (χ4v) is 2.89. The Bertz CT molecular complexity index is 960. The largest absolute Gasteiger partial charge is 0.507 e. The molecule has 1 fully saturated rings. The predicted molar refractivity (Wildman–Crippen MR) is 104 cm³/mol. The third-order valence-electron chi connectivity index (χ3n) is 3.68. The molecule has 3 N–H and O–H groups in total. The van der Waals surface area contributed by atoms with Crippen LogP contribution in [0.3, 0.4) is 0 Å². The number of phenolic OH excluding ortho intramolecular Hbond substituents is 1. The number of amides is 4. The highest BCUT2D eigenvalue weighted by Crippen LogP contribution is 2.25. The van der Waals surface area contributed by atoms with Crippen molar-refractivity contribution in [3.8, 4) is 5.75 Å². The summed E-state index contributed by atoms with van der Waals surface area (Å²) < 4.78 is 0.697. The van der Waals surface area contributed by atoms with E-state index in [2.05, 4.69) is 26.6 Å². The standard InChI is InChI=1S/C18H13BrClN3O4/c19-11-1-6-15(24)10(7-11)8-14-17(26)23(18(27)22-14)9-16(25)21-13-4-2-12(20)3-5-13/h1-8,24H,9H2,(H,21,25)(H,22,27)/b14-8-. The van der Waals surface area contributed by atoms with Crippen molar-refractivity contribution in [3.05, 3.63) is 63.2 Å². The Labute approximate surface area is 167 Å². The molecule has 138 valence electrons. The maximum absolute atomic E-state index is 12.4. The average molecular weight is 451 g/mol. The number of hydrogen-bond donors (Lipinski definition) is 3. The Morgan fingerprint density at radius 3 is 2.63 bits per heavy atom. The molecule has 0 atom stereocenters. The molecule has 2 aromatic carbocycles. The molecule has 0 unspecified atom stereocenters. The van der Waals surface area contributed by atoms with Crippen LogP contribution in [0.15, 0.2) is 52.6 Å². The molecule has 0 aliphatic carbocycles. The Balaban J connectivity index is 1.72. The Kier molecular flexibility index (Phi) is 5.48. The van der Waals surface area contributed by atoms with Crippen molar-refractivity contribution < 1.29 is 19.5 Å². The maximum atomic E-state index is 12.4. The SMILES string of the molecule is O=C(CN1C(=O)N/C(=C\c2cc(Br)ccc2O)C1=O)Nc1ccc(Cl)cc1. The van der Waals surface area contributed by atoms with Gasteiger partial charge in [0.15, 0.2) is 0 Å². The summed E-state index contributed by atoms with van der Waals surface area (Å²) >= 11 is 9.05. The fourth-order valence-electron chi connectivity index (χ4n) is 2.39. The number of rotatable bonds is 4. The first-order valence-corrected chi connectivity index (χ1v) is 8.89. The number of phenols is 1. The number of nitrogens with zero attached hydrogens (tertiary/aromatic N) is 1. The zero-order valence-corrected chi connectivity index (χ0v) is 16.0. The zero-order chi connectivity index (χ0) is 19.6. The monoisotopic (exact) mass is 449 g/mol. The van der Waals surface area contributed by atoms with Crippen LogP contribution >= 0.6 is 27.5 Å². The average Bonchev–Trinajstić information content (AvgIpc) is 2.87. The fraction of sp³-hybridized carbons (Fsp3) is 0.0556. The number of anilines is 1. The van der Waals surface area contributed by atoms with Gasteiger partial charge in [0.05, 0.1) is 0 Å². The maximum Gasteiger partial charge on any atom is 0.329 e. The quantitative estimate of drug-likeness (QED) is 0.491. The minimum absolute atomic E-state index is 0.0345. The second-order valence-corrected chi connectivity index (χ2v) is 6.99. The van der Waals surface area contributed by atoms with E-state index >= 15 is 0 Å². The van der Waals surface area contributed by atoms with Crippen molar-refractivity contribution in [2.24, 2.45) is 0 Å². The van der Waals surface area contributed by atoms with E-state index in [1.807, 2.05) is 0 Å². The summed E-state index contributed by atoms with van der Waals surface area (Å²) in [6.45, 7) is -0.449. The van der Waals surface area contributed by atoms with E-state index in [1.54, 1.807) is 36.4 Å². The first-order valence-electron chi connectivity index (χ1n) is 7.72. The summed E-state index contributed by atoms with van der Waals surface area (Å²) in [4.78, 5) is 37.4. The number of urea groups is 1. The van der Waals surface area contributed by atoms with Gasteiger partial charge in [-0.15, -0.1) is 0 Å². The van der Waals surface area contributed by atoms with Crippen LogP contribution in [0.5, 0.6) is 5.75 Å². The van der Waals surface area contributed by atoms with Crippen LogP contribution in [-0.2, 0) is 9.59 Å². The molecule has 9 heteroatoms. The number of carbonyl (C=O) groups excluding carboxylic acids is 3. The van der Waals surface area contributed by atoms with Crippen molar-refractivity contribution in [2.45, 2.75) is 0 Å². The molecule has 0 aromatic heterocycles. The van der Waals surface area contributed by atoms with Crippen molar-refractivity contribution in [1.82, 2.24) is 10.2 Å². The third kappa shape index (κ3) is 4.47. The summed E-state index contributed by atoms with van der Waals surface area (Å²) in [5.74, 6) is -1.25. The van der Waals surface area contributed by atoms with Gasteiger partial charge in [-0.2, -0.15) is 0 Å². The van der Waals surface area contributed by atoms with Crippen LogP contribution in [0.4, 0.5) is 10.5 Å². The van der Waals surface area contributed by atoms with E-state index in [9.17, 15) is 19.5 Å². The number of aromatic hydroxyl groups is 1. The van der Waals surface area contributed by atoms with Crippen LogP contribution < -0.4 is 10.6 Å². The molecule has 3 rings (SSSR count). The van der Waals surface area contributed by atoms with E-state index in [1.165, 1.54) is 12.1 Å². The molecular formula is C18H13BrClN3O4. The number of carbonyl (C=O) groups is 3. The number of halogens is 2. The van der Waals surface area contributed by atoms with Gasteiger partial charge in [-0.1, -0.05) is 27.5 Å². The van der Waals surface area contributed by atoms with Gasteiger partial charge in [-0.25, -0.2) is 9.69 Å². The van der Waals surface area contributed by atoms with Crippen LogP contribution in [0.2, 0.25) is 5.02 Å². The number of nitrogens with one attached hydrogen (secondary N) is 2. The summed E-state index contributed by atoms with van der Waals surface area (Å²) in [7, 11) is 0.